The highest BCUT2D eigenvalue weighted by Crippen LogP contribution is 2.20. The average molecular weight is 222 g/mol. The summed E-state index contributed by atoms with van der Waals surface area (Å²) in [4.78, 5) is 11.8. The first-order chi connectivity index (χ1) is 7.66. The highest BCUT2D eigenvalue weighted by Gasteiger charge is 2.20. The Morgan fingerprint density at radius 2 is 2.38 bits per heavy atom. The summed E-state index contributed by atoms with van der Waals surface area (Å²) in [7, 11) is 0. The maximum atomic E-state index is 13.3. The molecule has 1 fully saturated rings. The van der Waals surface area contributed by atoms with Crippen LogP contribution in [-0.2, 0) is 4.74 Å². The highest BCUT2D eigenvalue weighted by atomic mass is 19.1. The Balaban J connectivity index is 2.05. The van der Waals surface area contributed by atoms with Crippen LogP contribution in [0.25, 0.3) is 0 Å². The van der Waals surface area contributed by atoms with Crippen LogP contribution in [0.5, 0.6) is 0 Å². The van der Waals surface area contributed by atoms with E-state index < -0.39 is 0 Å². The number of aryl methyl sites for hydroxylation is 1. The van der Waals surface area contributed by atoms with Gasteiger partial charge in [0.25, 0.3) is 0 Å². The predicted molar refractivity (Wildman–Crippen MR) is 59.0 cm³/mol. The summed E-state index contributed by atoms with van der Waals surface area (Å²) in [5.74, 6) is -0.000198. The summed E-state index contributed by atoms with van der Waals surface area (Å²) in [5, 5.41) is 0. The van der Waals surface area contributed by atoms with Gasteiger partial charge >= 0.3 is 0 Å². The molecular weight excluding hydrogens is 207 g/mol. The Labute approximate surface area is 94.4 Å². The highest BCUT2D eigenvalue weighted by molar-refractivity contribution is 5.96. The largest absolute Gasteiger partial charge is 0.381 e. The fraction of sp³-hybridized carbons (Fsp3) is 0.462. The first-order valence-corrected chi connectivity index (χ1v) is 5.54. The summed E-state index contributed by atoms with van der Waals surface area (Å²) in [6.07, 6.45) is 1.39. The number of hydrogen-bond donors (Lipinski definition) is 0. The van der Waals surface area contributed by atoms with Gasteiger partial charge in [0, 0.05) is 25.2 Å². The number of carbonyl (C=O) groups is 1. The van der Waals surface area contributed by atoms with Gasteiger partial charge in [-0.2, -0.15) is 0 Å². The molecule has 1 saturated heterocycles. The van der Waals surface area contributed by atoms with Crippen molar-refractivity contribution >= 4 is 5.78 Å². The topological polar surface area (TPSA) is 26.3 Å². The van der Waals surface area contributed by atoms with Crippen LogP contribution in [-0.4, -0.2) is 19.0 Å². The average Bonchev–Trinajstić information content (AvgIpc) is 2.74. The van der Waals surface area contributed by atoms with Crippen LogP contribution < -0.4 is 0 Å². The van der Waals surface area contributed by atoms with Crippen molar-refractivity contribution in [2.45, 2.75) is 19.8 Å². The molecule has 0 radical (unpaired) electrons. The van der Waals surface area contributed by atoms with Crippen molar-refractivity contribution in [3.63, 3.8) is 0 Å². The zero-order valence-electron chi connectivity index (χ0n) is 9.33. The smallest absolute Gasteiger partial charge is 0.163 e. The third-order valence-corrected chi connectivity index (χ3v) is 2.99. The van der Waals surface area contributed by atoms with Crippen LogP contribution in [0.15, 0.2) is 18.2 Å². The molecule has 0 aromatic heterocycles. The van der Waals surface area contributed by atoms with Crippen LogP contribution >= 0.6 is 0 Å². The van der Waals surface area contributed by atoms with Crippen molar-refractivity contribution < 1.29 is 13.9 Å². The fourth-order valence-corrected chi connectivity index (χ4v) is 1.89. The molecule has 86 valence electrons. The van der Waals surface area contributed by atoms with E-state index in [1.807, 2.05) is 0 Å². The van der Waals surface area contributed by atoms with Crippen molar-refractivity contribution in [3.05, 3.63) is 35.1 Å². The Morgan fingerprint density at radius 3 is 3.00 bits per heavy atom. The van der Waals surface area contributed by atoms with E-state index in [2.05, 4.69) is 0 Å². The minimum Gasteiger partial charge on any atom is -0.381 e. The molecule has 1 heterocycles. The van der Waals surface area contributed by atoms with E-state index in [9.17, 15) is 9.18 Å². The van der Waals surface area contributed by atoms with Crippen LogP contribution in [0.4, 0.5) is 4.39 Å². The lowest BCUT2D eigenvalue weighted by Crippen LogP contribution is -2.09. The first-order valence-electron chi connectivity index (χ1n) is 5.54. The van der Waals surface area contributed by atoms with Gasteiger partial charge in [0.05, 0.1) is 0 Å². The number of ether oxygens (including phenoxy) is 1. The van der Waals surface area contributed by atoms with Crippen molar-refractivity contribution in [2.24, 2.45) is 5.92 Å². The van der Waals surface area contributed by atoms with E-state index >= 15 is 0 Å². The van der Waals surface area contributed by atoms with Crippen LogP contribution in [0.2, 0.25) is 0 Å². The first kappa shape index (κ1) is 11.3. The van der Waals surface area contributed by atoms with Gasteiger partial charge in [0.2, 0.25) is 0 Å². The predicted octanol–water partition coefficient (Wildman–Crippen LogP) is 2.74. The fourth-order valence-electron chi connectivity index (χ4n) is 1.89. The molecule has 3 heteroatoms. The molecule has 1 aliphatic rings. The van der Waals surface area contributed by atoms with Gasteiger partial charge in [-0.3, -0.25) is 4.79 Å². The third kappa shape index (κ3) is 2.47. The lowest BCUT2D eigenvalue weighted by molar-refractivity contribution is 0.0952. The van der Waals surface area contributed by atoms with Crippen molar-refractivity contribution in [2.75, 3.05) is 13.2 Å². The second-order valence-corrected chi connectivity index (χ2v) is 4.32. The number of hydrogen-bond acceptors (Lipinski definition) is 2. The summed E-state index contributed by atoms with van der Waals surface area (Å²) < 4.78 is 18.5. The van der Waals surface area contributed by atoms with Gasteiger partial charge in [-0.05, 0) is 30.9 Å². The monoisotopic (exact) mass is 222 g/mol. The third-order valence-electron chi connectivity index (χ3n) is 2.99. The van der Waals surface area contributed by atoms with Gasteiger partial charge < -0.3 is 4.74 Å². The number of halogens is 1. The SMILES string of the molecule is Cc1ccc(C(=O)CC2CCOC2)cc1F. The number of rotatable bonds is 3. The molecule has 0 bridgehead atoms. The van der Waals surface area contributed by atoms with E-state index in [0.29, 0.717) is 30.1 Å². The van der Waals surface area contributed by atoms with Crippen molar-refractivity contribution in [3.8, 4) is 0 Å². The second-order valence-electron chi connectivity index (χ2n) is 4.32. The molecule has 1 aromatic carbocycles. The van der Waals surface area contributed by atoms with Gasteiger partial charge in [0.15, 0.2) is 5.78 Å². The standard InChI is InChI=1S/C13H15FO2/c1-9-2-3-11(7-12(9)14)13(15)6-10-4-5-16-8-10/h2-3,7,10H,4-6,8H2,1H3. The van der Waals surface area contributed by atoms with Gasteiger partial charge in [0.1, 0.15) is 5.82 Å². The number of carbonyl (C=O) groups excluding carboxylic acids is 1. The molecule has 1 aliphatic heterocycles. The Hall–Kier alpha value is -1.22. The van der Waals surface area contributed by atoms with E-state index in [-0.39, 0.29) is 11.6 Å². The number of benzene rings is 1. The van der Waals surface area contributed by atoms with Crippen LogP contribution in [0, 0.1) is 18.7 Å². The molecule has 0 saturated carbocycles. The normalized spacial score (nSPS) is 20.0. The molecule has 16 heavy (non-hydrogen) atoms. The Morgan fingerprint density at radius 1 is 1.56 bits per heavy atom. The van der Waals surface area contributed by atoms with Gasteiger partial charge in [-0.25, -0.2) is 4.39 Å². The molecule has 0 N–H and O–H groups in total. The van der Waals surface area contributed by atoms with E-state index in [4.69, 9.17) is 4.74 Å². The zero-order chi connectivity index (χ0) is 11.5. The minimum atomic E-state index is -0.312. The number of ketones is 1. The molecule has 1 unspecified atom stereocenters. The molecule has 2 nitrogen and oxygen atoms in total. The Kier molecular flexibility index (Phi) is 3.34. The maximum Gasteiger partial charge on any atom is 0.163 e. The Bertz CT molecular complexity index is 395. The van der Waals surface area contributed by atoms with Gasteiger partial charge in [-0.15, -0.1) is 0 Å². The zero-order valence-corrected chi connectivity index (χ0v) is 9.33. The van der Waals surface area contributed by atoms with Crippen molar-refractivity contribution in [1.82, 2.24) is 0 Å². The lowest BCUT2D eigenvalue weighted by atomic mass is 9.97. The summed E-state index contributed by atoms with van der Waals surface area (Å²) in [5.41, 5.74) is 1.04. The summed E-state index contributed by atoms with van der Waals surface area (Å²) >= 11 is 0. The van der Waals surface area contributed by atoms with E-state index in [0.717, 1.165) is 13.0 Å². The minimum absolute atomic E-state index is 0.00870. The lowest BCUT2D eigenvalue weighted by Gasteiger charge is -2.07. The van der Waals surface area contributed by atoms with E-state index in [1.165, 1.54) is 6.07 Å². The van der Waals surface area contributed by atoms with Crippen LogP contribution in [0.1, 0.15) is 28.8 Å². The van der Waals surface area contributed by atoms with Gasteiger partial charge in [-0.1, -0.05) is 12.1 Å². The van der Waals surface area contributed by atoms with Crippen LogP contribution in [0.3, 0.4) is 0 Å². The molecule has 1 atom stereocenters. The maximum absolute atomic E-state index is 13.3. The summed E-state index contributed by atoms with van der Waals surface area (Å²) in [6.45, 7) is 3.08. The van der Waals surface area contributed by atoms with E-state index in [1.54, 1.807) is 19.1 Å². The molecular formula is C13H15FO2. The van der Waals surface area contributed by atoms with Crippen molar-refractivity contribution in [1.29, 1.82) is 0 Å². The second kappa shape index (κ2) is 4.74. The molecule has 0 aliphatic carbocycles. The molecule has 2 rings (SSSR count). The quantitative estimate of drug-likeness (QED) is 0.735. The molecule has 0 spiro atoms. The molecule has 1 aromatic rings. The molecule has 0 amide bonds. The summed E-state index contributed by atoms with van der Waals surface area (Å²) in [6, 6.07) is 4.66. The number of Topliss-reactive ketones (excluding diaryl/α,β-unsaturated/α-hetero) is 1.